The maximum absolute atomic E-state index is 13.9. The number of carbonyl (C=O) groups excluding carboxylic acids is 5. The van der Waals surface area contributed by atoms with Gasteiger partial charge in [0, 0.05) is 13.0 Å². The second-order valence-electron chi connectivity index (χ2n) is 13.5. The molecule has 0 aromatic heterocycles. The second-order valence-corrected chi connectivity index (χ2v) is 13.5. The van der Waals surface area contributed by atoms with E-state index in [0.29, 0.717) is 32.2 Å². The third kappa shape index (κ3) is 12.6. The van der Waals surface area contributed by atoms with E-state index < -0.39 is 53.8 Å². The fourth-order valence-corrected chi connectivity index (χ4v) is 6.12. The van der Waals surface area contributed by atoms with E-state index in [9.17, 15) is 29.1 Å². The monoisotopic (exact) mass is 714 g/mol. The Morgan fingerprint density at radius 3 is 1.87 bits per heavy atom. The number of carbonyl (C=O) groups is 5. The van der Waals surface area contributed by atoms with E-state index in [2.05, 4.69) is 5.32 Å². The molecule has 1 aliphatic rings. The van der Waals surface area contributed by atoms with Crippen molar-refractivity contribution >= 4 is 29.7 Å². The summed E-state index contributed by atoms with van der Waals surface area (Å²) in [6.45, 7) is 4.28. The molecule has 2 N–H and O–H groups in total. The predicted molar refractivity (Wildman–Crippen MR) is 193 cm³/mol. The molecule has 0 bridgehead atoms. The number of hydrogen-bond donors (Lipinski definition) is 2. The molecule has 4 rings (SSSR count). The van der Waals surface area contributed by atoms with E-state index in [-0.39, 0.29) is 45.0 Å². The van der Waals surface area contributed by atoms with Gasteiger partial charge < -0.3 is 29.5 Å². The highest BCUT2D eigenvalue weighted by molar-refractivity contribution is 5.93. The van der Waals surface area contributed by atoms with Crippen molar-refractivity contribution in [3.8, 4) is 0 Å². The molecule has 1 saturated heterocycles. The number of nitrogens with one attached hydrogen (secondary N) is 1. The Hall–Kier alpha value is -5.03. The van der Waals surface area contributed by atoms with Gasteiger partial charge in [-0.2, -0.15) is 0 Å². The van der Waals surface area contributed by atoms with Gasteiger partial charge in [-0.15, -0.1) is 0 Å². The van der Waals surface area contributed by atoms with Crippen LogP contribution in [-0.4, -0.2) is 64.5 Å². The average molecular weight is 715 g/mol. The summed E-state index contributed by atoms with van der Waals surface area (Å²) in [6.07, 6.45) is 0.264. The molecule has 0 saturated carbocycles. The fourth-order valence-electron chi connectivity index (χ4n) is 6.12. The van der Waals surface area contributed by atoms with Crippen LogP contribution < -0.4 is 5.32 Å². The summed E-state index contributed by atoms with van der Waals surface area (Å²) in [5, 5.41) is 14.0. The van der Waals surface area contributed by atoms with Gasteiger partial charge in [0.2, 0.25) is 11.8 Å². The smallest absolute Gasteiger partial charge is 0.329 e. The minimum Gasteiger partial charge on any atom is -0.461 e. The summed E-state index contributed by atoms with van der Waals surface area (Å²) in [4.78, 5) is 67.7. The molecule has 1 fully saturated rings. The lowest BCUT2D eigenvalue weighted by Gasteiger charge is -2.30. The molecule has 11 heteroatoms. The molecule has 3 aromatic rings. The third-order valence-electron chi connectivity index (χ3n) is 8.92. The molecular weight excluding hydrogens is 664 g/mol. The number of amides is 2. The maximum Gasteiger partial charge on any atom is 0.329 e. The molecule has 1 aliphatic heterocycles. The van der Waals surface area contributed by atoms with Crippen LogP contribution in [0, 0.1) is 11.8 Å². The first-order valence-electron chi connectivity index (χ1n) is 18.0. The molecule has 52 heavy (non-hydrogen) atoms. The zero-order valence-corrected chi connectivity index (χ0v) is 30.0. The van der Waals surface area contributed by atoms with Crippen LogP contribution in [0.25, 0.3) is 0 Å². The quantitative estimate of drug-likeness (QED) is 0.0962. The number of nitrogens with zero attached hydrogens (tertiary/aromatic N) is 1. The van der Waals surface area contributed by atoms with Gasteiger partial charge in [-0.3, -0.25) is 19.2 Å². The van der Waals surface area contributed by atoms with Gasteiger partial charge >= 0.3 is 17.9 Å². The summed E-state index contributed by atoms with van der Waals surface area (Å²) < 4.78 is 16.4. The van der Waals surface area contributed by atoms with E-state index in [1.165, 1.54) is 4.90 Å². The zero-order valence-electron chi connectivity index (χ0n) is 30.0. The zero-order chi connectivity index (χ0) is 37.3. The molecule has 4 atom stereocenters. The summed E-state index contributed by atoms with van der Waals surface area (Å²) in [6, 6.07) is 25.7. The number of aliphatic hydroxyl groups is 1. The molecule has 0 unspecified atom stereocenters. The van der Waals surface area contributed by atoms with Crippen molar-refractivity contribution in [3.05, 3.63) is 108 Å². The Kier molecular flexibility index (Phi) is 15.8. The highest BCUT2D eigenvalue weighted by atomic mass is 16.5. The van der Waals surface area contributed by atoms with E-state index in [4.69, 9.17) is 14.2 Å². The van der Waals surface area contributed by atoms with Gasteiger partial charge in [-0.25, -0.2) is 4.79 Å². The number of esters is 3. The lowest BCUT2D eigenvalue weighted by molar-refractivity contribution is -0.159. The van der Waals surface area contributed by atoms with Crippen molar-refractivity contribution in [3.63, 3.8) is 0 Å². The van der Waals surface area contributed by atoms with E-state index in [0.717, 1.165) is 16.7 Å². The molecular formula is C41H50N2O9. The molecule has 278 valence electrons. The molecule has 0 radical (unpaired) electrons. The van der Waals surface area contributed by atoms with Crippen molar-refractivity contribution in [2.24, 2.45) is 11.8 Å². The number of hydrogen-bond acceptors (Lipinski definition) is 9. The minimum atomic E-state index is -1.83. The standard InChI is InChI=1S/C41H50N2O9/c1-29(2)25-34(39(47)43-24-14-22-35(43)41(49)52-28-32-19-10-5-11-20-32)42-38(46)37(45)33(40(48)51-27-31-17-8-4-9-18-31)21-12-13-23-36(44)50-26-30-15-6-3-7-16-30/h3-11,15-20,29,33-35,37,45H,12-14,21-28H2,1-2H3,(H,42,46)/t33-,34+,35+,37+/m1/s1. The van der Waals surface area contributed by atoms with Crippen LogP contribution in [0.4, 0.5) is 0 Å². The summed E-state index contributed by atoms with van der Waals surface area (Å²) >= 11 is 0. The Labute approximate surface area is 305 Å². The summed E-state index contributed by atoms with van der Waals surface area (Å²) in [5.74, 6) is -4.32. The van der Waals surface area contributed by atoms with Gasteiger partial charge in [-0.1, -0.05) is 111 Å². The van der Waals surface area contributed by atoms with Crippen LogP contribution in [0.1, 0.15) is 75.5 Å². The largest absolute Gasteiger partial charge is 0.461 e. The van der Waals surface area contributed by atoms with Gasteiger partial charge in [0.05, 0.1) is 5.92 Å². The minimum absolute atomic E-state index is 0.0224. The number of ether oxygens (including phenoxy) is 3. The van der Waals surface area contributed by atoms with Crippen molar-refractivity contribution in [2.75, 3.05) is 6.54 Å². The van der Waals surface area contributed by atoms with Crippen molar-refractivity contribution < 1.29 is 43.3 Å². The van der Waals surface area contributed by atoms with Gasteiger partial charge in [-0.05, 0) is 54.7 Å². The lowest BCUT2D eigenvalue weighted by Crippen LogP contribution is -2.55. The van der Waals surface area contributed by atoms with Crippen LogP contribution >= 0.6 is 0 Å². The van der Waals surface area contributed by atoms with Crippen LogP contribution in [0.3, 0.4) is 0 Å². The van der Waals surface area contributed by atoms with E-state index in [1.54, 1.807) is 24.3 Å². The van der Waals surface area contributed by atoms with Crippen molar-refractivity contribution in [2.45, 2.75) is 96.8 Å². The van der Waals surface area contributed by atoms with Crippen LogP contribution in [0.2, 0.25) is 0 Å². The van der Waals surface area contributed by atoms with E-state index in [1.807, 2.05) is 80.6 Å². The lowest BCUT2D eigenvalue weighted by atomic mass is 9.94. The Bertz CT molecular complexity index is 1580. The molecule has 3 aromatic carbocycles. The first-order valence-corrected chi connectivity index (χ1v) is 18.0. The molecule has 0 spiro atoms. The van der Waals surface area contributed by atoms with Gasteiger partial charge in [0.25, 0.3) is 0 Å². The van der Waals surface area contributed by atoms with Gasteiger partial charge in [0.15, 0.2) is 0 Å². The Morgan fingerprint density at radius 1 is 0.769 bits per heavy atom. The molecule has 11 nitrogen and oxygen atoms in total. The SMILES string of the molecule is CC(C)C[C@H](NC(=O)[C@@H](O)[C@@H](CCCCC(=O)OCc1ccccc1)C(=O)OCc1ccccc1)C(=O)N1CCC[C@H]1C(=O)OCc1ccccc1. The van der Waals surface area contributed by atoms with E-state index >= 15 is 0 Å². The Morgan fingerprint density at radius 2 is 1.31 bits per heavy atom. The maximum atomic E-state index is 13.9. The molecule has 1 heterocycles. The first-order chi connectivity index (χ1) is 25.1. The van der Waals surface area contributed by atoms with Gasteiger partial charge in [0.1, 0.15) is 38.0 Å². The summed E-state index contributed by atoms with van der Waals surface area (Å²) in [7, 11) is 0. The van der Waals surface area contributed by atoms with Crippen LogP contribution in [0.15, 0.2) is 91.0 Å². The number of aliphatic hydroxyl groups excluding tert-OH is 1. The number of unbranched alkanes of at least 4 members (excludes halogenated alkanes) is 1. The third-order valence-corrected chi connectivity index (χ3v) is 8.92. The summed E-state index contributed by atoms with van der Waals surface area (Å²) in [5.41, 5.74) is 2.42. The highest BCUT2D eigenvalue weighted by Crippen LogP contribution is 2.23. The predicted octanol–water partition coefficient (Wildman–Crippen LogP) is 5.28. The number of likely N-dealkylation sites (tertiary alicyclic amines) is 1. The average Bonchev–Trinajstić information content (AvgIpc) is 3.66. The van der Waals surface area contributed by atoms with Crippen molar-refractivity contribution in [1.82, 2.24) is 10.2 Å². The van der Waals surface area contributed by atoms with Crippen LogP contribution in [0.5, 0.6) is 0 Å². The normalized spacial score (nSPS) is 15.7. The first kappa shape index (κ1) is 39.8. The number of rotatable bonds is 19. The second kappa shape index (κ2) is 20.7. The molecule has 0 aliphatic carbocycles. The fraction of sp³-hybridized carbons (Fsp3) is 0.439. The molecule has 2 amide bonds. The van der Waals surface area contributed by atoms with Crippen molar-refractivity contribution in [1.29, 1.82) is 0 Å². The topological polar surface area (TPSA) is 149 Å². The highest BCUT2D eigenvalue weighted by Gasteiger charge is 2.40. The number of benzene rings is 3. The van der Waals surface area contributed by atoms with Crippen LogP contribution in [-0.2, 0) is 58.0 Å². The Balaban J connectivity index is 1.38.